The summed E-state index contributed by atoms with van der Waals surface area (Å²) >= 11 is 1.17. The van der Waals surface area contributed by atoms with Crippen LogP contribution in [0.5, 0.6) is 0 Å². The molecule has 0 radical (unpaired) electrons. The zero-order chi connectivity index (χ0) is 17.5. The summed E-state index contributed by atoms with van der Waals surface area (Å²) in [7, 11) is 1.59. The Morgan fingerprint density at radius 3 is 2.83 bits per heavy atom. The molecule has 0 bridgehead atoms. The Bertz CT molecular complexity index is 729. The van der Waals surface area contributed by atoms with Crippen LogP contribution in [0.2, 0.25) is 0 Å². The molecule has 2 rings (SSSR count). The molecule has 1 amide bonds. The van der Waals surface area contributed by atoms with Crippen molar-refractivity contribution in [2.24, 2.45) is 0 Å². The lowest BCUT2D eigenvalue weighted by Crippen LogP contribution is -2.24. The number of halogens is 1. The van der Waals surface area contributed by atoms with Gasteiger partial charge in [-0.1, -0.05) is 11.8 Å². The highest BCUT2D eigenvalue weighted by Crippen LogP contribution is 2.21. The Morgan fingerprint density at radius 2 is 2.17 bits per heavy atom. The number of hydrogen-bond donors (Lipinski definition) is 2. The molecule has 0 saturated carbocycles. The maximum absolute atomic E-state index is 12.9. The van der Waals surface area contributed by atoms with Gasteiger partial charge in [0.05, 0.1) is 5.25 Å². The van der Waals surface area contributed by atoms with Gasteiger partial charge in [-0.3, -0.25) is 9.36 Å². The van der Waals surface area contributed by atoms with Gasteiger partial charge in [-0.15, -0.1) is 5.10 Å². The third-order valence-electron chi connectivity index (χ3n) is 3.22. The molecule has 1 heterocycles. The highest BCUT2D eigenvalue weighted by atomic mass is 32.2. The van der Waals surface area contributed by atoms with Gasteiger partial charge in [0.25, 0.3) is 0 Å². The number of benzene rings is 1. The van der Waals surface area contributed by atoms with Gasteiger partial charge in [-0.2, -0.15) is 0 Å². The van der Waals surface area contributed by atoms with Crippen molar-refractivity contribution in [2.75, 3.05) is 19.0 Å². The number of nitrogens with zero attached hydrogens (tertiary/aromatic N) is 2. The average molecular weight is 354 g/mol. The maximum Gasteiger partial charge on any atom is 0.343 e. The predicted molar refractivity (Wildman–Crippen MR) is 89.7 cm³/mol. The number of hydrogen-bond acceptors (Lipinski definition) is 5. The van der Waals surface area contributed by atoms with Crippen molar-refractivity contribution >= 4 is 23.4 Å². The second-order valence-corrected chi connectivity index (χ2v) is 6.37. The summed E-state index contributed by atoms with van der Waals surface area (Å²) in [6, 6.07) is 5.52. The van der Waals surface area contributed by atoms with E-state index in [0.717, 1.165) is 0 Å². The normalized spacial score (nSPS) is 12.1. The molecule has 9 heteroatoms. The minimum atomic E-state index is -0.480. The Morgan fingerprint density at radius 1 is 1.46 bits per heavy atom. The molecule has 7 nitrogen and oxygen atoms in total. The first-order chi connectivity index (χ1) is 11.5. The molecule has 0 spiro atoms. The van der Waals surface area contributed by atoms with Gasteiger partial charge in [-0.05, 0) is 37.6 Å². The summed E-state index contributed by atoms with van der Waals surface area (Å²) in [5.74, 6) is -0.627. The van der Waals surface area contributed by atoms with Crippen LogP contribution in [0.4, 0.5) is 10.1 Å². The molecule has 1 aromatic heterocycles. The van der Waals surface area contributed by atoms with Crippen LogP contribution in [0.15, 0.2) is 34.2 Å². The number of methoxy groups -OCH3 is 1. The number of H-pyrrole nitrogens is 1. The summed E-state index contributed by atoms with van der Waals surface area (Å²) in [5.41, 5.74) is 0.188. The lowest BCUT2D eigenvalue weighted by molar-refractivity contribution is -0.115. The molecule has 0 saturated heterocycles. The zero-order valence-electron chi connectivity index (χ0n) is 13.4. The summed E-state index contributed by atoms with van der Waals surface area (Å²) in [5, 5.41) is 9.00. The van der Waals surface area contributed by atoms with E-state index < -0.39 is 5.25 Å². The number of ether oxygens (including phenoxy) is 1. The number of amides is 1. The monoisotopic (exact) mass is 354 g/mol. The highest BCUT2D eigenvalue weighted by molar-refractivity contribution is 8.00. The lowest BCUT2D eigenvalue weighted by atomic mass is 10.3. The first-order valence-corrected chi connectivity index (χ1v) is 8.26. The van der Waals surface area contributed by atoms with Crippen LogP contribution >= 0.6 is 11.8 Å². The van der Waals surface area contributed by atoms with Crippen molar-refractivity contribution in [3.05, 3.63) is 40.6 Å². The van der Waals surface area contributed by atoms with Crippen LogP contribution in [0.25, 0.3) is 0 Å². The van der Waals surface area contributed by atoms with Crippen LogP contribution in [-0.2, 0) is 16.1 Å². The van der Waals surface area contributed by atoms with Crippen molar-refractivity contribution in [2.45, 2.75) is 30.3 Å². The van der Waals surface area contributed by atoms with Crippen LogP contribution < -0.4 is 11.0 Å². The second-order valence-electron chi connectivity index (χ2n) is 5.07. The Kier molecular flexibility index (Phi) is 6.56. The molecule has 2 aromatic rings. The van der Waals surface area contributed by atoms with Crippen molar-refractivity contribution < 1.29 is 13.9 Å². The second kappa shape index (κ2) is 8.65. The van der Waals surface area contributed by atoms with Crippen molar-refractivity contribution in [3.63, 3.8) is 0 Å². The molecule has 24 heavy (non-hydrogen) atoms. The Balaban J connectivity index is 1.98. The van der Waals surface area contributed by atoms with Crippen LogP contribution in [0.1, 0.15) is 13.3 Å². The Labute approximate surface area is 142 Å². The molecule has 1 atom stereocenters. The molecular formula is C15H19FN4O3S. The van der Waals surface area contributed by atoms with Gasteiger partial charge < -0.3 is 10.1 Å². The van der Waals surface area contributed by atoms with E-state index in [1.54, 1.807) is 14.0 Å². The fraction of sp³-hybridized carbons (Fsp3) is 0.400. The number of aromatic nitrogens is 3. The molecule has 0 fully saturated rings. The predicted octanol–water partition coefficient (Wildman–Crippen LogP) is 1.87. The molecule has 1 unspecified atom stereocenters. The van der Waals surface area contributed by atoms with Crippen molar-refractivity contribution in [1.29, 1.82) is 0 Å². The van der Waals surface area contributed by atoms with E-state index in [-0.39, 0.29) is 17.4 Å². The standard InChI is InChI=1S/C15H19FN4O3S/c1-10(13(21)17-12-6-4-11(16)5-7-12)24-15-19-18-14(22)20(15)8-3-9-23-2/h4-7,10H,3,8-9H2,1-2H3,(H,17,21)(H,18,22). The topological polar surface area (TPSA) is 89.0 Å². The minimum absolute atomic E-state index is 0.259. The SMILES string of the molecule is COCCCn1c(SC(C)C(=O)Nc2ccc(F)cc2)n[nH]c1=O. The number of thioether (sulfide) groups is 1. The summed E-state index contributed by atoms with van der Waals surface area (Å²) in [4.78, 5) is 24.0. The van der Waals surface area contributed by atoms with E-state index in [9.17, 15) is 14.0 Å². The van der Waals surface area contributed by atoms with Gasteiger partial charge in [0, 0.05) is 25.9 Å². The fourth-order valence-electron chi connectivity index (χ4n) is 1.95. The average Bonchev–Trinajstić information content (AvgIpc) is 2.90. The number of rotatable bonds is 8. The summed E-state index contributed by atoms with van der Waals surface area (Å²) in [6.07, 6.45) is 0.666. The van der Waals surface area contributed by atoms with Gasteiger partial charge in [-0.25, -0.2) is 14.3 Å². The van der Waals surface area contributed by atoms with Crippen LogP contribution in [0.3, 0.4) is 0 Å². The number of carbonyl (C=O) groups is 1. The van der Waals surface area contributed by atoms with Crippen LogP contribution in [0, 0.1) is 5.82 Å². The van der Waals surface area contributed by atoms with E-state index in [0.29, 0.717) is 30.4 Å². The smallest absolute Gasteiger partial charge is 0.343 e. The number of nitrogens with one attached hydrogen (secondary N) is 2. The van der Waals surface area contributed by atoms with Gasteiger partial charge in [0.1, 0.15) is 5.82 Å². The first-order valence-electron chi connectivity index (χ1n) is 7.38. The number of carbonyl (C=O) groups excluding carboxylic acids is 1. The first kappa shape index (κ1) is 18.2. The quantitative estimate of drug-likeness (QED) is 0.558. The molecule has 130 valence electrons. The molecule has 0 aliphatic rings. The minimum Gasteiger partial charge on any atom is -0.385 e. The summed E-state index contributed by atoms with van der Waals surface area (Å²) in [6.45, 7) is 2.70. The van der Waals surface area contributed by atoms with E-state index in [4.69, 9.17) is 4.74 Å². The third kappa shape index (κ3) is 4.93. The van der Waals surface area contributed by atoms with Gasteiger partial charge in [0.2, 0.25) is 5.91 Å². The van der Waals surface area contributed by atoms with Crippen LogP contribution in [-0.4, -0.2) is 39.6 Å². The molecular weight excluding hydrogens is 335 g/mol. The van der Waals surface area contributed by atoms with E-state index >= 15 is 0 Å². The van der Waals surface area contributed by atoms with E-state index in [1.807, 2.05) is 0 Å². The molecule has 1 aromatic carbocycles. The molecule has 0 aliphatic heterocycles. The van der Waals surface area contributed by atoms with Crippen molar-refractivity contribution in [1.82, 2.24) is 14.8 Å². The lowest BCUT2D eigenvalue weighted by Gasteiger charge is -2.12. The van der Waals surface area contributed by atoms with E-state index in [1.165, 1.54) is 40.6 Å². The third-order valence-corrected chi connectivity index (χ3v) is 4.31. The van der Waals surface area contributed by atoms with Gasteiger partial charge in [0.15, 0.2) is 5.16 Å². The number of aromatic amines is 1. The Hall–Kier alpha value is -2.13. The highest BCUT2D eigenvalue weighted by Gasteiger charge is 2.19. The largest absolute Gasteiger partial charge is 0.385 e. The maximum atomic E-state index is 12.9. The molecule has 2 N–H and O–H groups in total. The summed E-state index contributed by atoms with van der Waals surface area (Å²) < 4.78 is 19.3. The zero-order valence-corrected chi connectivity index (χ0v) is 14.2. The van der Waals surface area contributed by atoms with Crippen molar-refractivity contribution in [3.8, 4) is 0 Å². The van der Waals surface area contributed by atoms with Gasteiger partial charge >= 0.3 is 5.69 Å². The fourth-order valence-corrected chi connectivity index (χ4v) is 2.83. The molecule has 0 aliphatic carbocycles. The number of anilines is 1. The van der Waals surface area contributed by atoms with E-state index in [2.05, 4.69) is 15.5 Å².